The molecule has 6 atom stereocenters. The third kappa shape index (κ3) is 18.8. The minimum absolute atomic E-state index is 0.0355. The van der Waals surface area contributed by atoms with Crippen molar-refractivity contribution in [2.24, 2.45) is 45.5 Å². The van der Waals surface area contributed by atoms with E-state index in [9.17, 15) is 43.5 Å². The Kier molecular flexibility index (Phi) is 20.2. The maximum atomic E-state index is 13.4. The van der Waals surface area contributed by atoms with Gasteiger partial charge >= 0.3 is 5.97 Å². The smallest absolute Gasteiger partial charge is 0.326 e. The summed E-state index contributed by atoms with van der Waals surface area (Å²) in [5.74, 6) is -8.04. The lowest BCUT2D eigenvalue weighted by Gasteiger charge is -2.28. The first-order valence-electron chi connectivity index (χ1n) is 15.9. The van der Waals surface area contributed by atoms with Crippen molar-refractivity contribution in [1.29, 1.82) is 0 Å². The first-order valence-corrected chi connectivity index (χ1v) is 15.9. The molecule has 0 spiro atoms. The Balaban J connectivity index is 5.88. The second kappa shape index (κ2) is 22.5. The number of nitrogens with one attached hydrogen (secondary N) is 5. The number of guanidine groups is 1. The molecule has 0 aromatic carbocycles. The molecule has 0 fully saturated rings. The molecule has 20 nitrogen and oxygen atoms in total. The minimum Gasteiger partial charge on any atom is -0.480 e. The zero-order valence-electron chi connectivity index (χ0n) is 28.5. The molecule has 0 aliphatic heterocycles. The van der Waals surface area contributed by atoms with Crippen molar-refractivity contribution in [1.82, 2.24) is 26.6 Å². The predicted octanol–water partition coefficient (Wildman–Crippen LogP) is -4.26. The first-order chi connectivity index (χ1) is 22.8. The molecule has 0 aromatic heterocycles. The lowest BCUT2D eigenvalue weighted by atomic mass is 9.97. The van der Waals surface area contributed by atoms with Crippen LogP contribution in [0.4, 0.5) is 0 Å². The number of carbonyl (C=O) groups excluding carboxylic acids is 7. The predicted molar refractivity (Wildman–Crippen MR) is 177 cm³/mol. The largest absolute Gasteiger partial charge is 0.480 e. The van der Waals surface area contributed by atoms with E-state index in [1.807, 2.05) is 13.8 Å². The average Bonchev–Trinajstić information content (AvgIpc) is 2.99. The van der Waals surface area contributed by atoms with Gasteiger partial charge in [-0.2, -0.15) is 0 Å². The number of aliphatic carboxylic acids is 1. The number of nitrogens with two attached hydrogens (primary N) is 5. The van der Waals surface area contributed by atoms with Crippen molar-refractivity contribution in [3.05, 3.63) is 0 Å². The van der Waals surface area contributed by atoms with E-state index in [0.29, 0.717) is 12.8 Å². The maximum Gasteiger partial charge on any atom is 0.326 e. The molecule has 49 heavy (non-hydrogen) atoms. The molecular formula is C29H53N11O9. The van der Waals surface area contributed by atoms with Crippen LogP contribution in [0.25, 0.3) is 0 Å². The molecule has 0 aliphatic rings. The van der Waals surface area contributed by atoms with E-state index in [0.717, 1.165) is 0 Å². The third-order valence-corrected chi connectivity index (χ3v) is 7.21. The van der Waals surface area contributed by atoms with Crippen molar-refractivity contribution in [3.63, 3.8) is 0 Å². The second-order valence-corrected chi connectivity index (χ2v) is 12.0. The van der Waals surface area contributed by atoms with Gasteiger partial charge in [0.05, 0.1) is 19.0 Å². The van der Waals surface area contributed by atoms with E-state index < -0.39 is 96.4 Å². The van der Waals surface area contributed by atoms with Crippen LogP contribution in [-0.2, 0) is 38.4 Å². The number of amides is 7. The highest BCUT2D eigenvalue weighted by Crippen LogP contribution is 2.11. The standard InChI is InChI=1S/C29H53N11O9/c1-5-15(4)23(27(47)38-18(28(48)49)7-6-10-35-29(33)34)40-26(46)19(12-21(32)42)39-25(45)17(8-9-20(31)41)37-22(43)13-36-24(44)16(30)11-14(2)3/h14-19,23H,5-13,30H2,1-4H3,(H2,31,41)(H2,32,42)(H,36,44)(H,37,43)(H,38,47)(H,39,45)(H,40,46)(H,48,49)(H4,33,34,35)/t15-,16-,17-,18-,19-,23-/m0/s1. The summed E-state index contributed by atoms with van der Waals surface area (Å²) in [6.45, 7) is 6.61. The fraction of sp³-hybridized carbons (Fsp3) is 0.690. The number of hydrogen-bond acceptors (Lipinski definition) is 10. The molecule has 0 bridgehead atoms. The number of primary amides is 2. The Hall–Kier alpha value is -5.01. The van der Waals surface area contributed by atoms with Crippen LogP contribution in [0.3, 0.4) is 0 Å². The number of hydrogen-bond donors (Lipinski definition) is 11. The highest BCUT2D eigenvalue weighted by molar-refractivity contribution is 5.97. The van der Waals surface area contributed by atoms with Crippen molar-refractivity contribution >= 4 is 53.3 Å². The number of carboxylic acid groups (broad SMARTS) is 1. The quantitative estimate of drug-likeness (QED) is 0.0259. The molecule has 0 saturated carbocycles. The Bertz CT molecular complexity index is 1210. The van der Waals surface area contributed by atoms with E-state index in [4.69, 9.17) is 28.7 Å². The molecule has 16 N–H and O–H groups in total. The zero-order chi connectivity index (χ0) is 37.8. The molecule has 0 radical (unpaired) electrons. The Morgan fingerprint density at radius 2 is 1.33 bits per heavy atom. The van der Waals surface area contributed by atoms with Crippen LogP contribution >= 0.6 is 0 Å². The van der Waals surface area contributed by atoms with Crippen LogP contribution in [0.5, 0.6) is 0 Å². The summed E-state index contributed by atoms with van der Waals surface area (Å²) in [6, 6.07) is -6.63. The summed E-state index contributed by atoms with van der Waals surface area (Å²) in [5.41, 5.74) is 26.9. The molecule has 0 aromatic rings. The van der Waals surface area contributed by atoms with Crippen LogP contribution in [-0.4, -0.2) is 102 Å². The molecule has 278 valence electrons. The molecule has 0 heterocycles. The van der Waals surface area contributed by atoms with Crippen LogP contribution < -0.4 is 55.3 Å². The van der Waals surface area contributed by atoms with Gasteiger partial charge in [0.25, 0.3) is 0 Å². The summed E-state index contributed by atoms with van der Waals surface area (Å²) in [4.78, 5) is 104. The summed E-state index contributed by atoms with van der Waals surface area (Å²) in [6.07, 6.45) is -0.497. The fourth-order valence-corrected chi connectivity index (χ4v) is 4.38. The molecule has 0 unspecified atom stereocenters. The molecule has 0 aliphatic carbocycles. The van der Waals surface area contributed by atoms with Crippen LogP contribution in [0.2, 0.25) is 0 Å². The van der Waals surface area contributed by atoms with Crippen LogP contribution in [0.1, 0.15) is 72.6 Å². The highest BCUT2D eigenvalue weighted by atomic mass is 16.4. The molecule has 7 amide bonds. The minimum atomic E-state index is -1.65. The topological polar surface area (TPSA) is 359 Å². The summed E-state index contributed by atoms with van der Waals surface area (Å²) in [7, 11) is 0. The van der Waals surface area contributed by atoms with Crippen molar-refractivity contribution in [3.8, 4) is 0 Å². The molecule has 20 heteroatoms. The van der Waals surface area contributed by atoms with E-state index >= 15 is 0 Å². The van der Waals surface area contributed by atoms with E-state index in [1.165, 1.54) is 0 Å². The van der Waals surface area contributed by atoms with Gasteiger partial charge in [0, 0.05) is 13.0 Å². The summed E-state index contributed by atoms with van der Waals surface area (Å²) in [5, 5.41) is 21.4. The monoisotopic (exact) mass is 699 g/mol. The number of nitrogens with zero attached hydrogens (tertiary/aromatic N) is 1. The van der Waals surface area contributed by atoms with E-state index in [2.05, 4.69) is 31.6 Å². The number of carbonyl (C=O) groups is 8. The summed E-state index contributed by atoms with van der Waals surface area (Å²) >= 11 is 0. The second-order valence-electron chi connectivity index (χ2n) is 12.0. The van der Waals surface area contributed by atoms with Gasteiger partial charge in [-0.15, -0.1) is 0 Å². The van der Waals surface area contributed by atoms with Gasteiger partial charge in [0.1, 0.15) is 24.2 Å². The van der Waals surface area contributed by atoms with Gasteiger partial charge < -0.3 is 60.4 Å². The van der Waals surface area contributed by atoms with Crippen LogP contribution in [0.15, 0.2) is 4.99 Å². The highest BCUT2D eigenvalue weighted by Gasteiger charge is 2.34. The lowest BCUT2D eigenvalue weighted by Crippen LogP contribution is -2.60. The number of carboxylic acids is 1. The zero-order valence-corrected chi connectivity index (χ0v) is 28.5. The molecule has 0 rings (SSSR count). The fourth-order valence-electron chi connectivity index (χ4n) is 4.38. The first kappa shape index (κ1) is 44.0. The SMILES string of the molecule is CC[C@H](C)[C@H](NC(=O)[C@H](CC(N)=O)NC(=O)[C@H](CCC(N)=O)NC(=O)CNC(=O)[C@@H](N)CC(C)C)C(=O)N[C@@H](CCCN=C(N)N)C(=O)O. The average molecular weight is 700 g/mol. The van der Waals surface area contributed by atoms with E-state index in [1.54, 1.807) is 13.8 Å². The Morgan fingerprint density at radius 1 is 0.735 bits per heavy atom. The van der Waals surface area contributed by atoms with Crippen molar-refractivity contribution in [2.75, 3.05) is 13.1 Å². The Morgan fingerprint density at radius 3 is 1.84 bits per heavy atom. The van der Waals surface area contributed by atoms with Crippen molar-refractivity contribution < 1.29 is 43.5 Å². The van der Waals surface area contributed by atoms with Gasteiger partial charge in [-0.3, -0.25) is 38.6 Å². The van der Waals surface area contributed by atoms with Gasteiger partial charge in [0.2, 0.25) is 41.4 Å². The number of aliphatic imine (C=N–C) groups is 1. The molecule has 0 saturated heterocycles. The van der Waals surface area contributed by atoms with Gasteiger partial charge in [0.15, 0.2) is 5.96 Å². The number of rotatable bonds is 24. The summed E-state index contributed by atoms with van der Waals surface area (Å²) < 4.78 is 0. The maximum absolute atomic E-state index is 13.4. The normalized spacial score (nSPS) is 14.5. The van der Waals surface area contributed by atoms with Gasteiger partial charge in [-0.1, -0.05) is 34.1 Å². The van der Waals surface area contributed by atoms with Crippen LogP contribution in [0, 0.1) is 11.8 Å². The lowest BCUT2D eigenvalue weighted by molar-refractivity contribution is -0.143. The molecular weight excluding hydrogens is 646 g/mol. The third-order valence-electron chi connectivity index (χ3n) is 7.21. The van der Waals surface area contributed by atoms with Gasteiger partial charge in [-0.25, -0.2) is 4.79 Å². The van der Waals surface area contributed by atoms with Crippen molar-refractivity contribution in [2.45, 2.75) is 103 Å². The Labute approximate surface area is 284 Å². The van der Waals surface area contributed by atoms with Gasteiger partial charge in [-0.05, 0) is 37.5 Å². The van der Waals surface area contributed by atoms with E-state index in [-0.39, 0.29) is 44.1 Å².